The number of nitrogens with zero attached hydrogens (tertiary/aromatic N) is 1. The summed E-state index contributed by atoms with van der Waals surface area (Å²) in [6.45, 7) is 4.75. The number of thiophene rings is 1. The van der Waals surface area contributed by atoms with E-state index in [9.17, 15) is 0 Å². The van der Waals surface area contributed by atoms with Crippen molar-refractivity contribution in [3.8, 4) is 33.4 Å². The SMILES string of the molecule is CC1(C)c2ccccc2-c2ccc(N(c3ccc4sc5ccccc5c4c3-c3cccc(-c4ccccc4)c3)c3cc4ccccc4c4ccccc34)cc21. The van der Waals surface area contributed by atoms with Crippen molar-refractivity contribution >= 4 is 70.1 Å². The Balaban J connectivity index is 1.27. The number of benzene rings is 9. The Hall–Kier alpha value is -6.48. The third kappa shape index (κ3) is 4.92. The Bertz CT molecular complexity index is 3130. The monoisotopic (exact) mass is 719 g/mol. The molecule has 10 aromatic rings. The number of anilines is 3. The summed E-state index contributed by atoms with van der Waals surface area (Å²) in [5.74, 6) is 0. The van der Waals surface area contributed by atoms with E-state index >= 15 is 0 Å². The van der Waals surface area contributed by atoms with Crippen molar-refractivity contribution in [2.75, 3.05) is 4.90 Å². The number of hydrogen-bond acceptors (Lipinski definition) is 2. The minimum Gasteiger partial charge on any atom is -0.309 e. The Labute approximate surface area is 325 Å². The molecule has 2 heteroatoms. The van der Waals surface area contributed by atoms with Crippen LogP contribution in [0.1, 0.15) is 25.0 Å². The molecule has 0 amide bonds. The molecule has 260 valence electrons. The summed E-state index contributed by atoms with van der Waals surface area (Å²) in [4.78, 5) is 2.56. The summed E-state index contributed by atoms with van der Waals surface area (Å²) in [5.41, 5.74) is 13.6. The average molecular weight is 720 g/mol. The van der Waals surface area contributed by atoms with Crippen molar-refractivity contribution in [3.05, 3.63) is 199 Å². The van der Waals surface area contributed by atoms with E-state index in [1.54, 1.807) is 0 Å². The van der Waals surface area contributed by atoms with Gasteiger partial charge in [-0.2, -0.15) is 0 Å². The lowest BCUT2D eigenvalue weighted by atomic mass is 9.82. The minimum absolute atomic E-state index is 0.139. The van der Waals surface area contributed by atoms with E-state index in [0.717, 1.165) is 11.4 Å². The zero-order valence-electron chi connectivity index (χ0n) is 30.8. The molecule has 11 rings (SSSR count). The molecule has 55 heavy (non-hydrogen) atoms. The molecule has 0 unspecified atom stereocenters. The molecule has 0 saturated carbocycles. The summed E-state index contributed by atoms with van der Waals surface area (Å²) < 4.78 is 2.59. The molecular formula is C53H37NS. The van der Waals surface area contributed by atoms with Crippen LogP contribution in [-0.4, -0.2) is 0 Å². The van der Waals surface area contributed by atoms with Crippen LogP contribution in [0.3, 0.4) is 0 Å². The topological polar surface area (TPSA) is 3.24 Å². The lowest BCUT2D eigenvalue weighted by Gasteiger charge is -2.31. The number of rotatable bonds is 5. The molecular weight excluding hydrogens is 683 g/mol. The Morgan fingerprint density at radius 1 is 0.418 bits per heavy atom. The van der Waals surface area contributed by atoms with E-state index in [1.807, 2.05) is 11.3 Å². The highest BCUT2D eigenvalue weighted by Crippen LogP contribution is 2.54. The summed E-state index contributed by atoms with van der Waals surface area (Å²) in [6, 6.07) is 69.8. The van der Waals surface area contributed by atoms with Crippen LogP contribution in [0.15, 0.2) is 188 Å². The molecule has 0 aliphatic heterocycles. The lowest BCUT2D eigenvalue weighted by Crippen LogP contribution is -2.17. The average Bonchev–Trinajstić information content (AvgIpc) is 3.73. The molecule has 0 fully saturated rings. The molecule has 1 aromatic heterocycles. The molecule has 1 aliphatic carbocycles. The van der Waals surface area contributed by atoms with Gasteiger partial charge in [0.25, 0.3) is 0 Å². The predicted octanol–water partition coefficient (Wildman–Crippen LogP) is 15.5. The highest BCUT2D eigenvalue weighted by molar-refractivity contribution is 7.26. The van der Waals surface area contributed by atoms with Gasteiger partial charge in [0.15, 0.2) is 0 Å². The highest BCUT2D eigenvalue weighted by Gasteiger charge is 2.36. The van der Waals surface area contributed by atoms with Crippen LogP contribution in [0.4, 0.5) is 17.1 Å². The molecule has 1 heterocycles. The van der Waals surface area contributed by atoms with Crippen molar-refractivity contribution in [3.63, 3.8) is 0 Å². The van der Waals surface area contributed by atoms with Crippen LogP contribution >= 0.6 is 11.3 Å². The zero-order valence-corrected chi connectivity index (χ0v) is 31.6. The fourth-order valence-corrected chi connectivity index (χ4v) is 10.3. The smallest absolute Gasteiger partial charge is 0.0547 e. The quantitative estimate of drug-likeness (QED) is 0.160. The summed E-state index contributed by atoms with van der Waals surface area (Å²) in [5, 5.41) is 7.56. The summed E-state index contributed by atoms with van der Waals surface area (Å²) >= 11 is 1.88. The van der Waals surface area contributed by atoms with E-state index in [0.29, 0.717) is 0 Å². The van der Waals surface area contributed by atoms with Crippen molar-refractivity contribution in [1.29, 1.82) is 0 Å². The van der Waals surface area contributed by atoms with Gasteiger partial charge in [-0.05, 0) is 97.6 Å². The van der Waals surface area contributed by atoms with Gasteiger partial charge in [0, 0.05) is 42.2 Å². The maximum absolute atomic E-state index is 2.56. The third-order valence-electron chi connectivity index (χ3n) is 11.8. The Kier molecular flexibility index (Phi) is 7.14. The van der Waals surface area contributed by atoms with Crippen LogP contribution < -0.4 is 4.90 Å². The maximum Gasteiger partial charge on any atom is 0.0547 e. The molecule has 9 aromatic carbocycles. The maximum atomic E-state index is 2.56. The van der Waals surface area contributed by atoms with E-state index in [2.05, 4.69) is 207 Å². The van der Waals surface area contributed by atoms with E-state index in [1.165, 1.54) is 91.9 Å². The lowest BCUT2D eigenvalue weighted by molar-refractivity contribution is 0.660. The van der Waals surface area contributed by atoms with Crippen molar-refractivity contribution in [2.24, 2.45) is 0 Å². The standard InChI is InChI=1S/C53H37NS/c1-53(2)45-25-12-10-22-41(45)42-28-27-38(33-46(42)53)54(48-32-36-17-6-7-20-39(36)40-21-8-9-23-43(40)48)47-29-30-50-52(44-24-11-13-26-49(44)55-50)51(47)37-19-14-18-35(31-37)34-15-4-3-5-16-34/h3-33H,1-2H3. The van der Waals surface area contributed by atoms with E-state index in [4.69, 9.17) is 0 Å². The van der Waals surface area contributed by atoms with Gasteiger partial charge >= 0.3 is 0 Å². The third-order valence-corrected chi connectivity index (χ3v) is 13.0. The molecule has 0 radical (unpaired) electrons. The summed E-state index contributed by atoms with van der Waals surface area (Å²) in [6.07, 6.45) is 0. The van der Waals surface area contributed by atoms with Crippen LogP contribution in [0.25, 0.3) is 75.1 Å². The highest BCUT2D eigenvalue weighted by atomic mass is 32.1. The first-order valence-corrected chi connectivity index (χ1v) is 19.9. The first kappa shape index (κ1) is 32.0. The number of fused-ring (bicyclic) bond motifs is 9. The van der Waals surface area contributed by atoms with Gasteiger partial charge in [-0.15, -0.1) is 11.3 Å². The van der Waals surface area contributed by atoms with Gasteiger partial charge < -0.3 is 4.90 Å². The molecule has 0 bridgehead atoms. The fraction of sp³-hybridized carbons (Fsp3) is 0.0566. The van der Waals surface area contributed by atoms with Crippen LogP contribution in [0.5, 0.6) is 0 Å². The number of hydrogen-bond donors (Lipinski definition) is 0. The molecule has 0 saturated heterocycles. The van der Waals surface area contributed by atoms with Gasteiger partial charge in [-0.3, -0.25) is 0 Å². The van der Waals surface area contributed by atoms with Gasteiger partial charge in [0.05, 0.1) is 11.4 Å². The van der Waals surface area contributed by atoms with Crippen LogP contribution in [0.2, 0.25) is 0 Å². The van der Waals surface area contributed by atoms with Gasteiger partial charge in [-0.1, -0.05) is 159 Å². The van der Waals surface area contributed by atoms with Crippen molar-refractivity contribution in [2.45, 2.75) is 19.3 Å². The zero-order chi connectivity index (χ0) is 36.7. The largest absolute Gasteiger partial charge is 0.309 e. The molecule has 0 N–H and O–H groups in total. The molecule has 0 spiro atoms. The normalized spacial score (nSPS) is 13.1. The van der Waals surface area contributed by atoms with Crippen LogP contribution in [-0.2, 0) is 5.41 Å². The molecule has 1 aliphatic rings. The first-order valence-electron chi connectivity index (χ1n) is 19.1. The predicted molar refractivity (Wildman–Crippen MR) is 237 cm³/mol. The Morgan fingerprint density at radius 3 is 1.96 bits per heavy atom. The fourth-order valence-electron chi connectivity index (χ4n) is 9.23. The second-order valence-corrected chi connectivity index (χ2v) is 16.4. The van der Waals surface area contributed by atoms with E-state index in [-0.39, 0.29) is 5.41 Å². The van der Waals surface area contributed by atoms with Crippen molar-refractivity contribution < 1.29 is 0 Å². The molecule has 0 atom stereocenters. The molecule has 1 nitrogen and oxygen atoms in total. The Morgan fingerprint density at radius 2 is 1.09 bits per heavy atom. The van der Waals surface area contributed by atoms with Gasteiger partial charge in [0.2, 0.25) is 0 Å². The van der Waals surface area contributed by atoms with Crippen molar-refractivity contribution in [1.82, 2.24) is 0 Å². The van der Waals surface area contributed by atoms with Gasteiger partial charge in [-0.25, -0.2) is 0 Å². The van der Waals surface area contributed by atoms with E-state index < -0.39 is 0 Å². The second-order valence-electron chi connectivity index (χ2n) is 15.3. The first-order chi connectivity index (χ1) is 27.0. The van der Waals surface area contributed by atoms with Crippen LogP contribution in [0, 0.1) is 0 Å². The summed E-state index contributed by atoms with van der Waals surface area (Å²) in [7, 11) is 0. The minimum atomic E-state index is -0.139. The van der Waals surface area contributed by atoms with Gasteiger partial charge in [0.1, 0.15) is 0 Å². The second kappa shape index (κ2) is 12.3.